The van der Waals surface area contributed by atoms with Crippen LogP contribution in [0.2, 0.25) is 0 Å². The third-order valence-corrected chi connectivity index (χ3v) is 3.27. The lowest BCUT2D eigenvalue weighted by Gasteiger charge is -2.08. The van der Waals surface area contributed by atoms with Crippen LogP contribution in [0.1, 0.15) is 11.1 Å². The first-order chi connectivity index (χ1) is 11.1. The Hall–Kier alpha value is -2.71. The summed E-state index contributed by atoms with van der Waals surface area (Å²) in [5.74, 6) is 0.110. The van der Waals surface area contributed by atoms with E-state index in [1.54, 1.807) is 0 Å². The summed E-state index contributed by atoms with van der Waals surface area (Å²) in [5, 5.41) is 6.60. The van der Waals surface area contributed by atoms with Crippen molar-refractivity contribution in [1.82, 2.24) is 5.16 Å². The van der Waals surface area contributed by atoms with Crippen LogP contribution in [-0.2, 0) is 12.4 Å². The molecule has 0 aliphatic heterocycles. The number of aromatic nitrogens is 1. The van der Waals surface area contributed by atoms with Gasteiger partial charge in [-0.15, -0.1) is 0 Å². The number of hydrogen-bond acceptors (Lipinski definition) is 3. The van der Waals surface area contributed by atoms with Crippen molar-refractivity contribution in [3.63, 3.8) is 0 Å². The largest absolute Gasteiger partial charge is 0.416 e. The van der Waals surface area contributed by atoms with E-state index in [0.29, 0.717) is 0 Å². The third kappa shape index (κ3) is 3.15. The predicted molar refractivity (Wildman–Crippen MR) is 73.7 cm³/mol. The van der Waals surface area contributed by atoms with E-state index >= 15 is 0 Å². The van der Waals surface area contributed by atoms with Crippen LogP contribution < -0.4 is 5.32 Å². The SMILES string of the molecule is FC(F)(F)c1ccc(Nc2noc3cc(C(F)(F)F)ccc23)cc1. The third-order valence-electron chi connectivity index (χ3n) is 3.27. The minimum absolute atomic E-state index is 0.0840. The van der Waals surface area contributed by atoms with Gasteiger partial charge in [0.15, 0.2) is 11.4 Å². The van der Waals surface area contributed by atoms with Gasteiger partial charge in [-0.3, -0.25) is 0 Å². The molecule has 0 amide bonds. The normalized spacial score (nSPS) is 12.6. The summed E-state index contributed by atoms with van der Waals surface area (Å²) >= 11 is 0. The molecule has 3 aromatic rings. The fourth-order valence-corrected chi connectivity index (χ4v) is 2.08. The highest BCUT2D eigenvalue weighted by atomic mass is 19.4. The van der Waals surface area contributed by atoms with E-state index in [2.05, 4.69) is 10.5 Å². The molecule has 0 spiro atoms. The molecule has 3 nitrogen and oxygen atoms in total. The smallest absolute Gasteiger partial charge is 0.354 e. The second kappa shape index (κ2) is 5.43. The number of fused-ring (bicyclic) bond motifs is 1. The summed E-state index contributed by atoms with van der Waals surface area (Å²) in [4.78, 5) is 0. The van der Waals surface area contributed by atoms with E-state index in [0.717, 1.165) is 24.3 Å². The van der Waals surface area contributed by atoms with Crippen molar-refractivity contribution in [2.75, 3.05) is 5.32 Å². The molecule has 0 aliphatic carbocycles. The van der Waals surface area contributed by atoms with Crippen molar-refractivity contribution in [2.24, 2.45) is 0 Å². The van der Waals surface area contributed by atoms with E-state index in [-0.39, 0.29) is 22.5 Å². The van der Waals surface area contributed by atoms with Crippen LogP contribution in [0.25, 0.3) is 11.0 Å². The Morgan fingerprint density at radius 1 is 0.792 bits per heavy atom. The zero-order valence-electron chi connectivity index (χ0n) is 11.7. The molecule has 1 N–H and O–H groups in total. The lowest BCUT2D eigenvalue weighted by molar-refractivity contribution is -0.138. The zero-order valence-corrected chi connectivity index (χ0v) is 11.7. The minimum atomic E-state index is -4.51. The molecule has 0 aliphatic rings. The van der Waals surface area contributed by atoms with Crippen LogP contribution in [0.4, 0.5) is 37.8 Å². The van der Waals surface area contributed by atoms with Crippen molar-refractivity contribution < 1.29 is 30.9 Å². The number of hydrogen-bond donors (Lipinski definition) is 1. The average Bonchev–Trinajstić information content (AvgIpc) is 2.88. The number of alkyl halides is 6. The van der Waals surface area contributed by atoms with Gasteiger partial charge in [-0.1, -0.05) is 5.16 Å². The number of benzene rings is 2. The number of halogens is 6. The number of rotatable bonds is 2. The number of nitrogens with one attached hydrogen (secondary N) is 1. The molecule has 2 aromatic carbocycles. The summed E-state index contributed by atoms with van der Waals surface area (Å²) in [6.45, 7) is 0. The van der Waals surface area contributed by atoms with Gasteiger partial charge < -0.3 is 9.84 Å². The van der Waals surface area contributed by atoms with Gasteiger partial charge >= 0.3 is 12.4 Å². The Bertz CT molecular complexity index is 864. The maximum atomic E-state index is 12.6. The first-order valence-corrected chi connectivity index (χ1v) is 6.55. The molecule has 0 saturated heterocycles. The molecular formula is C15H8F6N2O. The van der Waals surface area contributed by atoms with Crippen LogP contribution in [0.5, 0.6) is 0 Å². The van der Waals surface area contributed by atoms with Crippen molar-refractivity contribution in [1.29, 1.82) is 0 Å². The standard InChI is InChI=1S/C15H8F6N2O/c16-14(17,18)8-1-4-10(5-2-8)22-13-11-6-3-9(15(19,20)21)7-12(11)24-23-13/h1-7H,(H,22,23). The second-order valence-corrected chi connectivity index (χ2v) is 4.94. The molecule has 126 valence electrons. The van der Waals surface area contributed by atoms with Crippen LogP contribution in [0.15, 0.2) is 47.0 Å². The van der Waals surface area contributed by atoms with Crippen molar-refractivity contribution in [3.05, 3.63) is 53.6 Å². The molecule has 1 heterocycles. The van der Waals surface area contributed by atoms with Gasteiger partial charge in [0.1, 0.15) is 0 Å². The topological polar surface area (TPSA) is 38.1 Å². The molecule has 1 aromatic heterocycles. The average molecular weight is 346 g/mol. The second-order valence-electron chi connectivity index (χ2n) is 4.94. The lowest BCUT2D eigenvalue weighted by atomic mass is 10.1. The Kier molecular flexibility index (Phi) is 3.66. The Labute approximate surface area is 130 Å². The highest BCUT2D eigenvalue weighted by molar-refractivity contribution is 5.90. The number of anilines is 2. The molecule has 3 rings (SSSR count). The fourth-order valence-electron chi connectivity index (χ4n) is 2.08. The predicted octanol–water partition coefficient (Wildman–Crippen LogP) is 5.61. The summed E-state index contributed by atoms with van der Waals surface area (Å²) in [6, 6.07) is 7.00. The van der Waals surface area contributed by atoms with Crippen LogP contribution in [0.3, 0.4) is 0 Å². The Morgan fingerprint density at radius 2 is 1.38 bits per heavy atom. The maximum absolute atomic E-state index is 12.6. The minimum Gasteiger partial charge on any atom is -0.354 e. The quantitative estimate of drug-likeness (QED) is 0.613. The highest BCUT2D eigenvalue weighted by Gasteiger charge is 2.31. The van der Waals surface area contributed by atoms with Gasteiger partial charge in [-0.05, 0) is 42.5 Å². The highest BCUT2D eigenvalue weighted by Crippen LogP contribution is 2.34. The van der Waals surface area contributed by atoms with Gasteiger partial charge in [-0.2, -0.15) is 26.3 Å². The summed E-state index contributed by atoms with van der Waals surface area (Å²) in [7, 11) is 0. The van der Waals surface area contributed by atoms with Gasteiger partial charge in [0, 0.05) is 5.69 Å². The molecular weight excluding hydrogens is 338 g/mol. The first-order valence-electron chi connectivity index (χ1n) is 6.55. The molecule has 0 saturated carbocycles. The van der Waals surface area contributed by atoms with Gasteiger partial charge in [-0.25, -0.2) is 0 Å². The van der Waals surface area contributed by atoms with Crippen molar-refractivity contribution >= 4 is 22.5 Å². The maximum Gasteiger partial charge on any atom is 0.416 e. The van der Waals surface area contributed by atoms with E-state index < -0.39 is 23.5 Å². The van der Waals surface area contributed by atoms with E-state index in [1.807, 2.05) is 0 Å². The van der Waals surface area contributed by atoms with Gasteiger partial charge in [0.25, 0.3) is 0 Å². The van der Waals surface area contributed by atoms with Crippen molar-refractivity contribution in [2.45, 2.75) is 12.4 Å². The molecule has 0 fully saturated rings. The lowest BCUT2D eigenvalue weighted by Crippen LogP contribution is -2.04. The van der Waals surface area contributed by atoms with Gasteiger partial charge in [0.2, 0.25) is 0 Å². The van der Waals surface area contributed by atoms with E-state index in [9.17, 15) is 26.3 Å². The monoisotopic (exact) mass is 346 g/mol. The van der Waals surface area contributed by atoms with Crippen LogP contribution in [0, 0.1) is 0 Å². The van der Waals surface area contributed by atoms with E-state index in [1.165, 1.54) is 18.2 Å². The molecule has 9 heteroatoms. The molecule has 24 heavy (non-hydrogen) atoms. The first kappa shape index (κ1) is 16.2. The molecule has 0 unspecified atom stereocenters. The Balaban J connectivity index is 1.88. The van der Waals surface area contributed by atoms with Crippen LogP contribution in [-0.4, -0.2) is 5.16 Å². The van der Waals surface area contributed by atoms with Crippen molar-refractivity contribution in [3.8, 4) is 0 Å². The fraction of sp³-hybridized carbons (Fsp3) is 0.133. The van der Waals surface area contributed by atoms with Crippen LogP contribution >= 0.6 is 0 Å². The van der Waals surface area contributed by atoms with Gasteiger partial charge in [0.05, 0.1) is 16.5 Å². The number of nitrogens with zero attached hydrogens (tertiary/aromatic N) is 1. The molecule has 0 bridgehead atoms. The summed E-state index contributed by atoms with van der Waals surface area (Å²) < 4.78 is 80.2. The molecule has 0 atom stereocenters. The zero-order chi connectivity index (χ0) is 17.5. The summed E-state index contributed by atoms with van der Waals surface area (Å²) in [5.41, 5.74) is -1.49. The molecule has 0 radical (unpaired) electrons. The Morgan fingerprint density at radius 3 is 1.96 bits per heavy atom. The summed E-state index contributed by atoms with van der Waals surface area (Å²) in [6.07, 6.45) is -8.96. The van der Waals surface area contributed by atoms with E-state index in [4.69, 9.17) is 4.52 Å².